The van der Waals surface area contributed by atoms with E-state index in [4.69, 9.17) is 39.6 Å². The van der Waals surface area contributed by atoms with Crippen molar-refractivity contribution in [2.24, 2.45) is 5.92 Å². The Kier molecular flexibility index (Phi) is 5.15. The molecule has 3 aromatic rings. The van der Waals surface area contributed by atoms with E-state index in [1.165, 1.54) is 0 Å². The zero-order valence-electron chi connectivity index (χ0n) is 15.9. The lowest BCUT2D eigenvalue weighted by molar-refractivity contribution is -0.126. The highest BCUT2D eigenvalue weighted by atomic mass is 35.5. The van der Waals surface area contributed by atoms with Gasteiger partial charge in [0.2, 0.25) is 5.91 Å². The minimum atomic E-state index is -1.03. The second kappa shape index (κ2) is 7.84. The van der Waals surface area contributed by atoms with Crippen molar-refractivity contribution >= 4 is 58.0 Å². The maximum absolute atomic E-state index is 13.6. The van der Waals surface area contributed by atoms with Crippen LogP contribution in [-0.4, -0.2) is 17.9 Å². The summed E-state index contributed by atoms with van der Waals surface area (Å²) in [7, 11) is 0. The van der Waals surface area contributed by atoms with Gasteiger partial charge in [-0.15, -0.1) is 0 Å². The molecule has 156 valence electrons. The number of carbonyl (C=O) groups is 2. The van der Waals surface area contributed by atoms with Gasteiger partial charge in [-0.2, -0.15) is 0 Å². The van der Waals surface area contributed by atoms with Crippen molar-refractivity contribution in [3.05, 3.63) is 93.4 Å². The fraction of sp³-hybridized carbons (Fsp3) is 0.130. The Hall–Kier alpha value is -2.57. The van der Waals surface area contributed by atoms with Crippen molar-refractivity contribution in [3.8, 4) is 0 Å². The van der Waals surface area contributed by atoms with Gasteiger partial charge < -0.3 is 0 Å². The standard InChI is InChI=1S/C23H15Cl3N2O3/c24-15-10-5-4-9-14(15)19-18-21(31-28(19)13-7-2-1-3-8-13)23(30)27(22(18)29)20-16(25)11-6-12-17(20)26/h1-12,18-19,21H/t18-,19+,21-/m1/s1. The molecular formula is C23H15Cl3N2O3. The Balaban J connectivity index is 1.64. The van der Waals surface area contributed by atoms with Crippen LogP contribution in [0.25, 0.3) is 0 Å². The third-order valence-corrected chi connectivity index (χ3v) is 6.47. The van der Waals surface area contributed by atoms with Crippen LogP contribution in [0.5, 0.6) is 0 Å². The van der Waals surface area contributed by atoms with Crippen molar-refractivity contribution in [1.29, 1.82) is 0 Å². The number of hydrogen-bond donors (Lipinski definition) is 0. The molecule has 0 unspecified atom stereocenters. The van der Waals surface area contributed by atoms with Gasteiger partial charge in [0.15, 0.2) is 6.10 Å². The molecule has 0 aromatic heterocycles. The van der Waals surface area contributed by atoms with Crippen LogP contribution >= 0.6 is 34.8 Å². The Morgan fingerprint density at radius 3 is 2.00 bits per heavy atom. The van der Waals surface area contributed by atoms with E-state index in [0.29, 0.717) is 16.3 Å². The fourth-order valence-electron chi connectivity index (χ4n) is 4.17. The summed E-state index contributed by atoms with van der Waals surface area (Å²) in [4.78, 5) is 34.1. The Bertz CT molecular complexity index is 1170. The summed E-state index contributed by atoms with van der Waals surface area (Å²) in [6, 6.07) is 20.7. The lowest BCUT2D eigenvalue weighted by Crippen LogP contribution is -2.37. The van der Waals surface area contributed by atoms with E-state index in [1.54, 1.807) is 29.3 Å². The summed E-state index contributed by atoms with van der Waals surface area (Å²) in [6.45, 7) is 0. The second-order valence-electron chi connectivity index (χ2n) is 7.26. The zero-order valence-corrected chi connectivity index (χ0v) is 18.2. The molecule has 5 nitrogen and oxygen atoms in total. The van der Waals surface area contributed by atoms with Gasteiger partial charge >= 0.3 is 0 Å². The number of para-hydroxylation sites is 2. The molecule has 2 aliphatic heterocycles. The average Bonchev–Trinajstić information content (AvgIpc) is 3.26. The largest absolute Gasteiger partial charge is 0.273 e. The number of anilines is 2. The molecule has 0 N–H and O–H groups in total. The zero-order chi connectivity index (χ0) is 21.7. The number of halogens is 3. The number of imide groups is 1. The van der Waals surface area contributed by atoms with Crippen LogP contribution in [0.4, 0.5) is 11.4 Å². The molecular weight excluding hydrogens is 459 g/mol. The number of rotatable bonds is 3. The maximum atomic E-state index is 13.6. The van der Waals surface area contributed by atoms with Crippen LogP contribution in [0, 0.1) is 5.92 Å². The normalized spacial score (nSPS) is 22.9. The van der Waals surface area contributed by atoms with E-state index < -0.39 is 29.9 Å². The average molecular weight is 474 g/mol. The maximum Gasteiger partial charge on any atom is 0.266 e. The fourth-order valence-corrected chi connectivity index (χ4v) is 4.98. The monoisotopic (exact) mass is 472 g/mol. The van der Waals surface area contributed by atoms with Gasteiger partial charge in [0.1, 0.15) is 5.92 Å². The highest BCUT2D eigenvalue weighted by Gasteiger charge is 2.61. The summed E-state index contributed by atoms with van der Waals surface area (Å²) in [5.41, 5.74) is 1.57. The molecule has 0 spiro atoms. The van der Waals surface area contributed by atoms with Gasteiger partial charge in [-0.1, -0.05) is 77.3 Å². The molecule has 2 aliphatic rings. The minimum Gasteiger partial charge on any atom is -0.273 e. The van der Waals surface area contributed by atoms with Crippen LogP contribution < -0.4 is 9.96 Å². The van der Waals surface area contributed by atoms with Gasteiger partial charge in [-0.3, -0.25) is 14.4 Å². The van der Waals surface area contributed by atoms with E-state index in [2.05, 4.69) is 0 Å². The molecule has 0 bridgehead atoms. The van der Waals surface area contributed by atoms with E-state index in [-0.39, 0.29) is 15.7 Å². The van der Waals surface area contributed by atoms with Crippen molar-refractivity contribution in [3.63, 3.8) is 0 Å². The molecule has 3 atom stereocenters. The first kappa shape index (κ1) is 20.3. The Morgan fingerprint density at radius 1 is 0.710 bits per heavy atom. The number of nitrogens with zero attached hydrogens (tertiary/aromatic N) is 2. The molecule has 0 radical (unpaired) electrons. The van der Waals surface area contributed by atoms with Crippen LogP contribution in [0.1, 0.15) is 11.6 Å². The summed E-state index contributed by atoms with van der Waals surface area (Å²) >= 11 is 19.1. The van der Waals surface area contributed by atoms with E-state index >= 15 is 0 Å². The molecule has 3 aromatic carbocycles. The number of carbonyl (C=O) groups excluding carboxylic acids is 2. The first-order valence-electron chi connectivity index (χ1n) is 9.56. The number of benzene rings is 3. The third kappa shape index (κ3) is 3.20. The van der Waals surface area contributed by atoms with Crippen molar-refractivity contribution in [1.82, 2.24) is 0 Å². The highest BCUT2D eigenvalue weighted by Crippen LogP contribution is 2.50. The Labute approximate surface area is 193 Å². The summed E-state index contributed by atoms with van der Waals surface area (Å²) in [5.74, 6) is -1.77. The Morgan fingerprint density at radius 2 is 1.32 bits per heavy atom. The second-order valence-corrected chi connectivity index (χ2v) is 8.48. The molecule has 2 amide bonds. The van der Waals surface area contributed by atoms with Crippen LogP contribution in [0.2, 0.25) is 15.1 Å². The van der Waals surface area contributed by atoms with E-state index in [1.807, 2.05) is 48.5 Å². The lowest BCUT2D eigenvalue weighted by Gasteiger charge is -2.29. The molecule has 31 heavy (non-hydrogen) atoms. The predicted octanol–water partition coefficient (Wildman–Crippen LogP) is 5.70. The topological polar surface area (TPSA) is 49.9 Å². The molecule has 0 saturated carbocycles. The van der Waals surface area contributed by atoms with Gasteiger partial charge in [0.25, 0.3) is 5.91 Å². The van der Waals surface area contributed by atoms with Crippen molar-refractivity contribution in [2.75, 3.05) is 9.96 Å². The SMILES string of the molecule is O=C1[C@H]2[C@@H](ON(c3ccccc3)[C@H]2c2ccccc2Cl)C(=O)N1c1c(Cl)cccc1Cl. The summed E-state index contributed by atoms with van der Waals surface area (Å²) in [6.07, 6.45) is -1.03. The molecule has 2 heterocycles. The minimum absolute atomic E-state index is 0.169. The molecule has 2 saturated heterocycles. The predicted molar refractivity (Wildman–Crippen MR) is 120 cm³/mol. The number of amides is 2. The van der Waals surface area contributed by atoms with Gasteiger partial charge in [0.05, 0.1) is 27.5 Å². The van der Waals surface area contributed by atoms with Gasteiger partial charge in [-0.25, -0.2) is 9.96 Å². The van der Waals surface area contributed by atoms with Crippen molar-refractivity contribution < 1.29 is 14.4 Å². The first-order chi connectivity index (χ1) is 15.0. The number of hydrogen-bond acceptors (Lipinski definition) is 4. The molecule has 8 heteroatoms. The summed E-state index contributed by atoms with van der Waals surface area (Å²) in [5, 5.41) is 2.50. The first-order valence-corrected chi connectivity index (χ1v) is 10.7. The molecule has 2 fully saturated rings. The number of fused-ring (bicyclic) bond motifs is 1. The highest BCUT2D eigenvalue weighted by molar-refractivity contribution is 6.42. The summed E-state index contributed by atoms with van der Waals surface area (Å²) < 4.78 is 0. The quantitative estimate of drug-likeness (QED) is 0.458. The van der Waals surface area contributed by atoms with Crippen LogP contribution in [0.3, 0.4) is 0 Å². The van der Waals surface area contributed by atoms with Gasteiger partial charge in [-0.05, 0) is 35.9 Å². The lowest BCUT2D eigenvalue weighted by atomic mass is 9.90. The van der Waals surface area contributed by atoms with Crippen LogP contribution in [0.15, 0.2) is 72.8 Å². The number of hydroxylamine groups is 1. The molecule has 0 aliphatic carbocycles. The van der Waals surface area contributed by atoms with E-state index in [9.17, 15) is 9.59 Å². The van der Waals surface area contributed by atoms with Gasteiger partial charge in [0, 0.05) is 5.02 Å². The molecule has 5 rings (SSSR count). The smallest absolute Gasteiger partial charge is 0.266 e. The third-order valence-electron chi connectivity index (χ3n) is 5.51. The van der Waals surface area contributed by atoms with Crippen LogP contribution in [-0.2, 0) is 14.4 Å². The van der Waals surface area contributed by atoms with Crippen molar-refractivity contribution in [2.45, 2.75) is 12.1 Å². The van der Waals surface area contributed by atoms with E-state index in [0.717, 1.165) is 4.90 Å².